The number of nitrogens with one attached hydrogen (secondary N) is 2. The highest BCUT2D eigenvalue weighted by atomic mass is 15.3. The van der Waals surface area contributed by atoms with Gasteiger partial charge in [-0.05, 0) is 50.3 Å². The molecule has 8 nitrogen and oxygen atoms in total. The summed E-state index contributed by atoms with van der Waals surface area (Å²) in [6.45, 7) is 2.09. The van der Waals surface area contributed by atoms with E-state index >= 15 is 0 Å². The van der Waals surface area contributed by atoms with E-state index < -0.39 is 0 Å². The van der Waals surface area contributed by atoms with E-state index in [0.717, 1.165) is 48.4 Å². The Morgan fingerprint density at radius 1 is 0.938 bits per heavy atom. The van der Waals surface area contributed by atoms with Gasteiger partial charge in [-0.25, -0.2) is 19.5 Å². The van der Waals surface area contributed by atoms with Crippen molar-refractivity contribution in [2.24, 2.45) is 5.73 Å². The first-order valence-corrected chi connectivity index (χ1v) is 11.2. The Hall–Kier alpha value is -3.52. The summed E-state index contributed by atoms with van der Waals surface area (Å²) in [5.41, 5.74) is 9.73. The molecule has 0 spiro atoms. The summed E-state index contributed by atoms with van der Waals surface area (Å²) in [6, 6.07) is 15.1. The number of hydrogen-bond donors (Lipinski definition) is 3. The summed E-state index contributed by atoms with van der Waals surface area (Å²) in [6.07, 6.45) is 9.67. The second-order valence-corrected chi connectivity index (χ2v) is 8.46. The molecule has 1 aromatic carbocycles. The van der Waals surface area contributed by atoms with Crippen molar-refractivity contribution in [2.75, 3.05) is 10.6 Å². The molecule has 0 bridgehead atoms. The van der Waals surface area contributed by atoms with Gasteiger partial charge in [-0.1, -0.05) is 30.3 Å². The number of nitrogens with zero attached hydrogens (tertiary/aromatic N) is 5. The van der Waals surface area contributed by atoms with E-state index in [0.29, 0.717) is 18.0 Å². The van der Waals surface area contributed by atoms with Gasteiger partial charge in [0.25, 0.3) is 0 Å². The number of fused-ring (bicyclic) bond motifs is 1. The Morgan fingerprint density at radius 2 is 1.69 bits per heavy atom. The Morgan fingerprint density at radius 3 is 2.44 bits per heavy atom. The molecule has 3 heterocycles. The molecule has 0 radical (unpaired) electrons. The van der Waals surface area contributed by atoms with Gasteiger partial charge in [-0.15, -0.1) is 5.10 Å². The highest BCUT2D eigenvalue weighted by Gasteiger charge is 2.19. The molecule has 1 saturated carbocycles. The molecule has 0 amide bonds. The van der Waals surface area contributed by atoms with Crippen molar-refractivity contribution in [1.82, 2.24) is 24.6 Å². The van der Waals surface area contributed by atoms with E-state index in [1.54, 1.807) is 12.4 Å². The minimum absolute atomic E-state index is 0.113. The van der Waals surface area contributed by atoms with Gasteiger partial charge in [0.15, 0.2) is 5.65 Å². The maximum Gasteiger partial charge on any atom is 0.223 e. The number of nitrogens with two attached hydrogens (primary N) is 1. The number of imidazole rings is 1. The normalized spacial score (nSPS) is 19.6. The summed E-state index contributed by atoms with van der Waals surface area (Å²) in [5.74, 6) is 1.43. The van der Waals surface area contributed by atoms with E-state index in [9.17, 15) is 0 Å². The van der Waals surface area contributed by atoms with Gasteiger partial charge < -0.3 is 16.4 Å². The largest absolute Gasteiger partial charge is 0.366 e. The molecule has 164 valence electrons. The monoisotopic (exact) mass is 428 g/mol. The van der Waals surface area contributed by atoms with Crippen LogP contribution in [0.4, 0.5) is 11.8 Å². The Labute approximate surface area is 187 Å². The fraction of sp³-hybridized carbons (Fsp3) is 0.333. The van der Waals surface area contributed by atoms with Crippen LogP contribution in [0, 0.1) is 0 Å². The van der Waals surface area contributed by atoms with Gasteiger partial charge >= 0.3 is 0 Å². The predicted octanol–water partition coefficient (Wildman–Crippen LogP) is 4.04. The summed E-state index contributed by atoms with van der Waals surface area (Å²) < 4.78 is 1.84. The molecule has 3 aromatic heterocycles. The van der Waals surface area contributed by atoms with Crippen LogP contribution in [0.25, 0.3) is 16.9 Å². The van der Waals surface area contributed by atoms with Crippen LogP contribution in [0.2, 0.25) is 0 Å². The van der Waals surface area contributed by atoms with Gasteiger partial charge in [0.2, 0.25) is 5.95 Å². The minimum Gasteiger partial charge on any atom is -0.366 e. The SMILES string of the molecule is C[C@@H](Nc1ncc(-c2cnc3ccc(NC4CCC(N)CC4)nn23)cn1)c1ccccc1. The van der Waals surface area contributed by atoms with E-state index in [1.807, 2.05) is 41.0 Å². The van der Waals surface area contributed by atoms with Gasteiger partial charge in [0, 0.05) is 30.0 Å². The molecule has 8 heteroatoms. The van der Waals surface area contributed by atoms with Crippen LogP contribution in [0.3, 0.4) is 0 Å². The first-order valence-electron chi connectivity index (χ1n) is 11.2. The lowest BCUT2D eigenvalue weighted by Crippen LogP contribution is -2.33. The topological polar surface area (TPSA) is 106 Å². The summed E-state index contributed by atoms with van der Waals surface area (Å²) >= 11 is 0. The average molecular weight is 429 g/mol. The van der Waals surface area contributed by atoms with Crippen molar-refractivity contribution in [3.8, 4) is 11.3 Å². The van der Waals surface area contributed by atoms with Crippen LogP contribution in [0.1, 0.15) is 44.2 Å². The molecule has 1 atom stereocenters. The number of hydrogen-bond acceptors (Lipinski definition) is 7. The summed E-state index contributed by atoms with van der Waals surface area (Å²) in [4.78, 5) is 13.5. The van der Waals surface area contributed by atoms with Crippen molar-refractivity contribution in [3.63, 3.8) is 0 Å². The van der Waals surface area contributed by atoms with Crippen molar-refractivity contribution in [1.29, 1.82) is 0 Å². The maximum absolute atomic E-state index is 6.03. The van der Waals surface area contributed by atoms with Crippen molar-refractivity contribution >= 4 is 17.4 Å². The van der Waals surface area contributed by atoms with E-state index in [-0.39, 0.29) is 6.04 Å². The van der Waals surface area contributed by atoms with Crippen molar-refractivity contribution in [3.05, 3.63) is 66.6 Å². The average Bonchev–Trinajstić information content (AvgIpc) is 3.25. The van der Waals surface area contributed by atoms with Gasteiger partial charge in [0.05, 0.1) is 17.9 Å². The fourth-order valence-corrected chi connectivity index (χ4v) is 4.17. The quantitative estimate of drug-likeness (QED) is 0.425. The molecule has 0 unspecified atom stereocenters. The van der Waals surface area contributed by atoms with Gasteiger partial charge in [-0.3, -0.25) is 0 Å². The molecular weight excluding hydrogens is 400 g/mol. The number of benzene rings is 1. The first kappa shape index (κ1) is 20.4. The molecule has 1 fully saturated rings. The van der Waals surface area contributed by atoms with Crippen LogP contribution in [0.15, 0.2) is 61.1 Å². The van der Waals surface area contributed by atoms with Crippen LogP contribution in [-0.4, -0.2) is 36.6 Å². The number of rotatable bonds is 6. The Kier molecular flexibility index (Phi) is 5.68. The highest BCUT2D eigenvalue weighted by Crippen LogP contribution is 2.24. The van der Waals surface area contributed by atoms with Gasteiger partial charge in [0.1, 0.15) is 5.82 Å². The number of aromatic nitrogens is 5. The third-order valence-corrected chi connectivity index (χ3v) is 6.08. The predicted molar refractivity (Wildman–Crippen MR) is 126 cm³/mol. The van der Waals surface area contributed by atoms with Crippen molar-refractivity contribution < 1.29 is 0 Å². The first-order chi connectivity index (χ1) is 15.7. The molecule has 32 heavy (non-hydrogen) atoms. The molecule has 1 aliphatic rings. The molecule has 1 aliphatic carbocycles. The zero-order valence-corrected chi connectivity index (χ0v) is 18.1. The standard InChI is InChI=1S/C24H28N8/c1-16(17-5-3-2-4-6-17)29-24-27-13-18(14-28-24)21-15-26-23-12-11-22(31-32(21)23)30-20-9-7-19(25)8-10-20/h2-6,11-16,19-20H,7-10,25H2,1H3,(H,30,31)(H,27,28,29)/t16-,19?,20?/m1/s1. The zero-order valence-electron chi connectivity index (χ0n) is 18.1. The minimum atomic E-state index is 0.113. The van der Waals surface area contributed by atoms with Crippen molar-refractivity contribution in [2.45, 2.75) is 50.7 Å². The molecular formula is C24H28N8. The number of anilines is 2. The van der Waals surface area contributed by atoms with E-state index in [2.05, 4.69) is 44.6 Å². The third-order valence-electron chi connectivity index (χ3n) is 6.08. The van der Waals surface area contributed by atoms with Crippen LogP contribution in [0.5, 0.6) is 0 Å². The Balaban J connectivity index is 1.32. The summed E-state index contributed by atoms with van der Waals surface area (Å²) in [5, 5.41) is 11.7. The molecule has 0 saturated heterocycles. The van der Waals surface area contributed by atoms with Crippen LogP contribution < -0.4 is 16.4 Å². The zero-order chi connectivity index (χ0) is 21.9. The van der Waals surface area contributed by atoms with Crippen LogP contribution in [-0.2, 0) is 0 Å². The lowest BCUT2D eigenvalue weighted by Gasteiger charge is -2.27. The molecule has 5 rings (SSSR count). The smallest absolute Gasteiger partial charge is 0.223 e. The Bertz CT molecular complexity index is 1160. The lowest BCUT2D eigenvalue weighted by molar-refractivity contribution is 0.410. The molecule has 0 aliphatic heterocycles. The molecule has 4 aromatic rings. The van der Waals surface area contributed by atoms with E-state index in [4.69, 9.17) is 10.8 Å². The fourth-order valence-electron chi connectivity index (χ4n) is 4.17. The second-order valence-electron chi connectivity index (χ2n) is 8.46. The summed E-state index contributed by atoms with van der Waals surface area (Å²) in [7, 11) is 0. The molecule has 4 N–H and O–H groups in total. The second kappa shape index (κ2) is 8.92. The van der Waals surface area contributed by atoms with Gasteiger partial charge in [-0.2, -0.15) is 0 Å². The lowest BCUT2D eigenvalue weighted by atomic mass is 9.92. The van der Waals surface area contributed by atoms with Crippen LogP contribution >= 0.6 is 0 Å². The highest BCUT2D eigenvalue weighted by molar-refractivity contribution is 5.62. The maximum atomic E-state index is 6.03. The third kappa shape index (κ3) is 4.40. The van der Waals surface area contributed by atoms with E-state index in [1.165, 1.54) is 5.56 Å².